The Morgan fingerprint density at radius 2 is 1.69 bits per heavy atom. The van der Waals surface area contributed by atoms with Gasteiger partial charge in [-0.05, 0) is 35.2 Å². The van der Waals surface area contributed by atoms with Crippen molar-refractivity contribution in [2.24, 2.45) is 0 Å². The molecule has 1 atom stereocenters. The average Bonchev–Trinajstić information content (AvgIpc) is 2.72. The van der Waals surface area contributed by atoms with E-state index in [1.807, 2.05) is 48.5 Å². The summed E-state index contributed by atoms with van der Waals surface area (Å²) in [7, 11) is 1.31. The van der Waals surface area contributed by atoms with Gasteiger partial charge >= 0.3 is 5.97 Å². The number of nitrogens with one attached hydrogen (secondary N) is 1. The monoisotopic (exact) mass is 390 g/mol. The van der Waals surface area contributed by atoms with Gasteiger partial charge < -0.3 is 10.1 Å². The first-order valence-corrected chi connectivity index (χ1v) is 9.62. The number of esters is 1. The molecule has 3 rings (SSSR count). The highest BCUT2D eigenvalue weighted by atomic mass is 16.5. The Labute approximate surface area is 171 Å². The fourth-order valence-electron chi connectivity index (χ4n) is 3.13. The number of benzene rings is 2. The number of hydrogen-bond donors (Lipinski definition) is 1. The molecule has 1 aromatic heterocycles. The number of nitrogens with zero attached hydrogens (tertiary/aromatic N) is 1. The third-order valence-electron chi connectivity index (χ3n) is 4.87. The van der Waals surface area contributed by atoms with Crippen molar-refractivity contribution in [2.75, 3.05) is 7.11 Å². The molecule has 0 aliphatic rings. The van der Waals surface area contributed by atoms with Crippen molar-refractivity contribution in [1.29, 1.82) is 0 Å². The molecule has 0 saturated carbocycles. The van der Waals surface area contributed by atoms with Crippen LogP contribution >= 0.6 is 0 Å². The van der Waals surface area contributed by atoms with Gasteiger partial charge in [0.2, 0.25) is 0 Å². The van der Waals surface area contributed by atoms with Crippen molar-refractivity contribution in [1.82, 2.24) is 10.3 Å². The molecule has 0 fully saturated rings. The number of carbonyl (C=O) groups excluding carboxylic acids is 2. The highest BCUT2D eigenvalue weighted by Crippen LogP contribution is 2.22. The van der Waals surface area contributed by atoms with Crippen molar-refractivity contribution in [3.8, 4) is 0 Å². The van der Waals surface area contributed by atoms with E-state index in [0.717, 1.165) is 16.5 Å². The van der Waals surface area contributed by atoms with Gasteiger partial charge in [-0.25, -0.2) is 4.79 Å². The van der Waals surface area contributed by atoms with Gasteiger partial charge in [-0.2, -0.15) is 0 Å². The molecular weight excluding hydrogens is 364 g/mol. The predicted octanol–water partition coefficient (Wildman–Crippen LogP) is 4.05. The Kier molecular flexibility index (Phi) is 5.97. The minimum Gasteiger partial charge on any atom is -0.467 e. The SMILES string of the molecule is COC(=O)[C@H](Cc1ccc2ccccc2n1)NC(=O)c1ccc(C(C)(C)C)cc1. The van der Waals surface area contributed by atoms with E-state index in [4.69, 9.17) is 4.74 Å². The van der Waals surface area contributed by atoms with Crippen LogP contribution in [0.2, 0.25) is 0 Å². The molecule has 0 bridgehead atoms. The lowest BCUT2D eigenvalue weighted by atomic mass is 9.86. The number of ether oxygens (including phenoxy) is 1. The van der Waals surface area contributed by atoms with E-state index in [0.29, 0.717) is 11.3 Å². The molecule has 150 valence electrons. The normalized spacial score (nSPS) is 12.4. The van der Waals surface area contributed by atoms with Crippen LogP contribution in [0.3, 0.4) is 0 Å². The Hall–Kier alpha value is -3.21. The van der Waals surface area contributed by atoms with E-state index in [1.165, 1.54) is 7.11 Å². The van der Waals surface area contributed by atoms with Crippen LogP contribution in [-0.4, -0.2) is 30.0 Å². The van der Waals surface area contributed by atoms with E-state index >= 15 is 0 Å². The van der Waals surface area contributed by atoms with E-state index in [9.17, 15) is 9.59 Å². The summed E-state index contributed by atoms with van der Waals surface area (Å²) in [5, 5.41) is 3.81. The van der Waals surface area contributed by atoms with Gasteiger partial charge in [-0.3, -0.25) is 9.78 Å². The molecule has 29 heavy (non-hydrogen) atoms. The van der Waals surface area contributed by atoms with E-state index in [-0.39, 0.29) is 17.7 Å². The van der Waals surface area contributed by atoms with E-state index in [2.05, 4.69) is 31.1 Å². The number of carbonyl (C=O) groups is 2. The second kappa shape index (κ2) is 8.43. The quantitative estimate of drug-likeness (QED) is 0.668. The Bertz CT molecular complexity index is 1020. The summed E-state index contributed by atoms with van der Waals surface area (Å²) in [6.45, 7) is 6.35. The molecule has 1 heterocycles. The van der Waals surface area contributed by atoms with E-state index in [1.54, 1.807) is 12.1 Å². The maximum absolute atomic E-state index is 12.7. The van der Waals surface area contributed by atoms with Gasteiger partial charge in [0.05, 0.1) is 12.6 Å². The van der Waals surface area contributed by atoms with Crippen LogP contribution in [-0.2, 0) is 21.4 Å². The second-order valence-corrected chi connectivity index (χ2v) is 8.08. The predicted molar refractivity (Wildman–Crippen MR) is 114 cm³/mol. The summed E-state index contributed by atoms with van der Waals surface area (Å²) in [4.78, 5) is 29.6. The molecule has 3 aromatic rings. The number of methoxy groups -OCH3 is 1. The minimum absolute atomic E-state index is 0.00527. The van der Waals surface area contributed by atoms with E-state index < -0.39 is 12.0 Å². The Morgan fingerprint density at radius 1 is 1.00 bits per heavy atom. The maximum atomic E-state index is 12.7. The number of amides is 1. The van der Waals surface area contributed by atoms with Gasteiger partial charge in [0.1, 0.15) is 6.04 Å². The zero-order chi connectivity index (χ0) is 21.0. The van der Waals surface area contributed by atoms with Crippen LogP contribution in [0.4, 0.5) is 0 Å². The summed E-state index contributed by atoms with van der Waals surface area (Å²) < 4.78 is 4.89. The van der Waals surface area contributed by atoms with Crippen LogP contribution in [0.25, 0.3) is 10.9 Å². The van der Waals surface area contributed by atoms with Crippen molar-refractivity contribution < 1.29 is 14.3 Å². The number of rotatable bonds is 5. The highest BCUT2D eigenvalue weighted by Gasteiger charge is 2.23. The van der Waals surface area contributed by atoms with Gasteiger partial charge in [-0.1, -0.05) is 57.2 Å². The summed E-state index contributed by atoms with van der Waals surface area (Å²) in [6, 6.07) is 18.2. The summed E-state index contributed by atoms with van der Waals surface area (Å²) in [5.41, 5.74) is 3.20. The summed E-state index contributed by atoms with van der Waals surface area (Å²) >= 11 is 0. The van der Waals surface area contributed by atoms with Crippen molar-refractivity contribution in [3.63, 3.8) is 0 Å². The lowest BCUT2D eigenvalue weighted by Gasteiger charge is -2.20. The molecule has 1 amide bonds. The smallest absolute Gasteiger partial charge is 0.328 e. The zero-order valence-electron chi connectivity index (χ0n) is 17.2. The van der Waals surface area contributed by atoms with Crippen LogP contribution in [0.15, 0.2) is 60.7 Å². The maximum Gasteiger partial charge on any atom is 0.328 e. The van der Waals surface area contributed by atoms with Crippen LogP contribution in [0, 0.1) is 0 Å². The topological polar surface area (TPSA) is 68.3 Å². The van der Waals surface area contributed by atoms with Crippen molar-refractivity contribution >= 4 is 22.8 Å². The molecule has 0 unspecified atom stereocenters. The third kappa shape index (κ3) is 4.99. The largest absolute Gasteiger partial charge is 0.467 e. The lowest BCUT2D eigenvalue weighted by molar-refractivity contribution is -0.142. The molecule has 0 radical (unpaired) electrons. The molecule has 2 aromatic carbocycles. The molecule has 5 heteroatoms. The molecule has 0 aliphatic heterocycles. The van der Waals surface area contributed by atoms with Gasteiger partial charge in [0.25, 0.3) is 5.91 Å². The first-order chi connectivity index (χ1) is 13.8. The van der Waals surface area contributed by atoms with Crippen molar-refractivity contribution in [2.45, 2.75) is 38.6 Å². The summed E-state index contributed by atoms with van der Waals surface area (Å²) in [6.07, 6.45) is 0.253. The number of pyridine rings is 1. The van der Waals surface area contributed by atoms with Crippen LogP contribution in [0.5, 0.6) is 0 Å². The minimum atomic E-state index is -0.816. The first kappa shape index (κ1) is 20.5. The van der Waals surface area contributed by atoms with Crippen LogP contribution < -0.4 is 5.32 Å². The first-order valence-electron chi connectivity index (χ1n) is 9.62. The fraction of sp³-hybridized carbons (Fsp3) is 0.292. The molecule has 5 nitrogen and oxygen atoms in total. The van der Waals surface area contributed by atoms with Gasteiger partial charge in [0, 0.05) is 23.1 Å². The molecular formula is C24H26N2O3. The standard InChI is InChI=1S/C24H26N2O3/c1-24(2,3)18-12-9-17(10-13-18)22(27)26-21(23(28)29-4)15-19-14-11-16-7-5-6-8-20(16)25-19/h5-14,21H,15H2,1-4H3,(H,26,27)/t21-/m0/s1. The average molecular weight is 390 g/mol. The molecule has 0 spiro atoms. The molecule has 0 aliphatic carbocycles. The van der Waals surface area contributed by atoms with Crippen LogP contribution in [0.1, 0.15) is 42.4 Å². The number of para-hydroxylation sites is 1. The Balaban J connectivity index is 1.77. The Morgan fingerprint density at radius 3 is 2.34 bits per heavy atom. The van der Waals surface area contributed by atoms with Gasteiger partial charge in [-0.15, -0.1) is 0 Å². The molecule has 0 saturated heterocycles. The number of fused-ring (bicyclic) bond motifs is 1. The lowest BCUT2D eigenvalue weighted by Crippen LogP contribution is -2.43. The second-order valence-electron chi connectivity index (χ2n) is 8.08. The fourth-order valence-corrected chi connectivity index (χ4v) is 3.13. The zero-order valence-corrected chi connectivity index (χ0v) is 17.2. The van der Waals surface area contributed by atoms with Gasteiger partial charge in [0.15, 0.2) is 0 Å². The molecule has 1 N–H and O–H groups in total. The third-order valence-corrected chi connectivity index (χ3v) is 4.87. The summed E-state index contributed by atoms with van der Waals surface area (Å²) in [5.74, 6) is -0.818. The van der Waals surface area contributed by atoms with Crippen molar-refractivity contribution in [3.05, 3.63) is 77.5 Å². The highest BCUT2D eigenvalue weighted by molar-refractivity contribution is 5.96. The number of hydrogen-bond acceptors (Lipinski definition) is 4. The number of aromatic nitrogens is 1.